The lowest BCUT2D eigenvalue weighted by molar-refractivity contribution is -0.385. The van der Waals surface area contributed by atoms with Gasteiger partial charge in [0.2, 0.25) is 0 Å². The summed E-state index contributed by atoms with van der Waals surface area (Å²) in [4.78, 5) is 40.3. The second kappa shape index (κ2) is 9.58. The number of nitrogens with zero attached hydrogens (tertiary/aromatic N) is 2. The molecule has 4 aromatic rings. The van der Waals surface area contributed by atoms with Gasteiger partial charge in [-0.15, -0.1) is 11.3 Å². The molecule has 11 nitrogen and oxygen atoms in total. The molecule has 2 N–H and O–H groups in total. The van der Waals surface area contributed by atoms with Crippen LogP contribution >= 0.6 is 11.3 Å². The molecule has 12 heteroatoms. The maximum absolute atomic E-state index is 12.7. The molecule has 2 aromatic heterocycles. The van der Waals surface area contributed by atoms with Gasteiger partial charge in [0.1, 0.15) is 17.8 Å². The maximum atomic E-state index is 12.7. The molecule has 0 atom stereocenters. The molecule has 4 rings (SSSR count). The zero-order valence-electron chi connectivity index (χ0n) is 18.0. The number of nitrogens with one attached hydrogen (secondary N) is 2. The third-order valence-corrected chi connectivity index (χ3v) is 5.56. The van der Waals surface area contributed by atoms with Crippen LogP contribution in [0.2, 0.25) is 0 Å². The fourth-order valence-electron chi connectivity index (χ4n) is 3.24. The topological polar surface area (TPSA) is 146 Å². The number of furan rings is 1. The second-order valence-corrected chi connectivity index (χ2v) is 7.73. The van der Waals surface area contributed by atoms with Crippen LogP contribution in [0.5, 0.6) is 11.5 Å². The van der Waals surface area contributed by atoms with Crippen molar-refractivity contribution in [1.29, 1.82) is 0 Å². The predicted molar refractivity (Wildman–Crippen MR) is 122 cm³/mol. The van der Waals surface area contributed by atoms with Crippen molar-refractivity contribution in [3.63, 3.8) is 0 Å². The lowest BCUT2D eigenvalue weighted by Crippen LogP contribution is -2.41. The van der Waals surface area contributed by atoms with Crippen molar-refractivity contribution in [2.75, 3.05) is 7.11 Å². The average molecular weight is 482 g/mol. The SMILES string of the molecule is COc1cc(C(=O)NNC(=O)c2oc3ccccc3c2C)c([N+](=O)[O-])cc1OCc1cscn1. The van der Waals surface area contributed by atoms with Crippen LogP contribution in [0.25, 0.3) is 11.0 Å². The molecule has 0 bridgehead atoms. The fraction of sp³-hybridized carbons (Fsp3) is 0.136. The molecule has 0 aliphatic carbocycles. The quantitative estimate of drug-likeness (QED) is 0.299. The van der Waals surface area contributed by atoms with Gasteiger partial charge < -0.3 is 13.9 Å². The van der Waals surface area contributed by atoms with Gasteiger partial charge in [0.05, 0.1) is 29.3 Å². The van der Waals surface area contributed by atoms with Crippen LogP contribution in [-0.2, 0) is 6.61 Å². The van der Waals surface area contributed by atoms with E-state index in [0.717, 1.165) is 11.5 Å². The number of nitro groups is 1. The Morgan fingerprint density at radius 3 is 2.62 bits per heavy atom. The predicted octanol–water partition coefficient (Wildman–Crippen LogP) is 3.77. The molecule has 0 spiro atoms. The van der Waals surface area contributed by atoms with Gasteiger partial charge in [-0.2, -0.15) is 0 Å². The number of benzene rings is 2. The Balaban J connectivity index is 1.53. The van der Waals surface area contributed by atoms with Gasteiger partial charge in [-0.1, -0.05) is 18.2 Å². The van der Waals surface area contributed by atoms with Crippen LogP contribution in [0.3, 0.4) is 0 Å². The fourth-order valence-corrected chi connectivity index (χ4v) is 3.79. The van der Waals surface area contributed by atoms with Crippen molar-refractivity contribution >= 4 is 39.8 Å². The number of fused-ring (bicyclic) bond motifs is 1. The first-order valence-corrected chi connectivity index (χ1v) is 10.8. The largest absolute Gasteiger partial charge is 0.493 e. The molecule has 2 heterocycles. The van der Waals surface area contributed by atoms with Crippen LogP contribution in [-0.4, -0.2) is 28.8 Å². The van der Waals surface area contributed by atoms with Gasteiger partial charge in [0.25, 0.3) is 11.6 Å². The molecule has 0 saturated carbocycles. The molecule has 0 fully saturated rings. The number of aromatic nitrogens is 1. The van der Waals surface area contributed by atoms with E-state index in [0.29, 0.717) is 16.8 Å². The Kier molecular flexibility index (Phi) is 6.41. The number of ether oxygens (including phenoxy) is 2. The highest BCUT2D eigenvalue weighted by Crippen LogP contribution is 2.35. The van der Waals surface area contributed by atoms with E-state index in [1.165, 1.54) is 24.5 Å². The molecular formula is C22H18N4O7S. The highest BCUT2D eigenvalue weighted by molar-refractivity contribution is 7.07. The Labute approximate surface area is 196 Å². The minimum Gasteiger partial charge on any atom is -0.493 e. The highest BCUT2D eigenvalue weighted by Gasteiger charge is 2.26. The number of methoxy groups -OCH3 is 1. The number of aryl methyl sites for hydroxylation is 1. The van der Waals surface area contributed by atoms with Gasteiger partial charge in [0.15, 0.2) is 17.3 Å². The first kappa shape index (κ1) is 22.7. The molecule has 0 aliphatic rings. The summed E-state index contributed by atoms with van der Waals surface area (Å²) in [6.45, 7) is 1.78. The highest BCUT2D eigenvalue weighted by atomic mass is 32.1. The number of carbonyl (C=O) groups is 2. The molecule has 0 radical (unpaired) electrons. The first-order valence-electron chi connectivity index (χ1n) is 9.84. The minimum atomic E-state index is -0.918. The number of carbonyl (C=O) groups excluding carboxylic acids is 2. The van der Waals surface area contributed by atoms with Crippen molar-refractivity contribution in [1.82, 2.24) is 15.8 Å². The number of rotatable bonds is 7. The molecule has 2 aromatic carbocycles. The third-order valence-electron chi connectivity index (χ3n) is 4.92. The summed E-state index contributed by atoms with van der Waals surface area (Å²) < 4.78 is 16.4. The average Bonchev–Trinajstić information content (AvgIpc) is 3.48. The summed E-state index contributed by atoms with van der Waals surface area (Å²) >= 11 is 1.38. The van der Waals surface area contributed by atoms with E-state index < -0.39 is 22.4 Å². The van der Waals surface area contributed by atoms with Crippen molar-refractivity contribution in [3.05, 3.63) is 80.0 Å². The van der Waals surface area contributed by atoms with E-state index in [1.54, 1.807) is 36.0 Å². The smallest absolute Gasteiger partial charge is 0.305 e. The molecule has 0 aliphatic heterocycles. The first-order chi connectivity index (χ1) is 16.4. The summed E-state index contributed by atoms with van der Waals surface area (Å²) in [6, 6.07) is 9.35. The number of hydrazine groups is 1. The number of thiazole rings is 1. The number of amides is 2. The van der Waals surface area contributed by atoms with E-state index >= 15 is 0 Å². The van der Waals surface area contributed by atoms with Gasteiger partial charge in [0, 0.05) is 22.4 Å². The number of hydrogen-bond acceptors (Lipinski definition) is 9. The zero-order valence-corrected chi connectivity index (χ0v) is 18.8. The standard InChI is InChI=1S/C22H18N4O7S/c1-12-14-5-3-4-6-17(14)33-20(12)22(28)25-24-21(27)15-7-18(31-2)19(8-16(15)26(29)30)32-9-13-10-34-11-23-13/h3-8,10-11H,9H2,1-2H3,(H,24,27)(H,25,28). The van der Waals surface area contributed by atoms with Crippen molar-refractivity contribution < 1.29 is 28.4 Å². The van der Waals surface area contributed by atoms with Crippen LogP contribution in [0.1, 0.15) is 32.2 Å². The molecule has 2 amide bonds. The van der Waals surface area contributed by atoms with Gasteiger partial charge in [-0.05, 0) is 13.0 Å². The second-order valence-electron chi connectivity index (χ2n) is 7.01. The number of para-hydroxylation sites is 1. The molecule has 0 saturated heterocycles. The van der Waals surface area contributed by atoms with Crippen LogP contribution in [0.15, 0.2) is 51.7 Å². The van der Waals surface area contributed by atoms with Crippen LogP contribution < -0.4 is 20.3 Å². The normalized spacial score (nSPS) is 10.6. The summed E-state index contributed by atoms with van der Waals surface area (Å²) in [6.07, 6.45) is 0. The Hall–Kier alpha value is -4.45. The van der Waals surface area contributed by atoms with Crippen LogP contribution in [0, 0.1) is 17.0 Å². The molecule has 0 unspecified atom stereocenters. The molecular weight excluding hydrogens is 464 g/mol. The van der Waals surface area contributed by atoms with E-state index in [1.807, 2.05) is 6.07 Å². The lowest BCUT2D eigenvalue weighted by atomic mass is 10.1. The summed E-state index contributed by atoms with van der Waals surface area (Å²) in [7, 11) is 1.34. The van der Waals surface area contributed by atoms with Crippen molar-refractivity contribution in [3.8, 4) is 11.5 Å². The molecule has 174 valence electrons. The zero-order chi connectivity index (χ0) is 24.2. The minimum absolute atomic E-state index is 0.0133. The Bertz CT molecular complexity index is 1380. The Morgan fingerprint density at radius 1 is 1.18 bits per heavy atom. The van der Waals surface area contributed by atoms with Crippen molar-refractivity contribution in [2.24, 2.45) is 0 Å². The van der Waals surface area contributed by atoms with Crippen molar-refractivity contribution in [2.45, 2.75) is 13.5 Å². The van der Waals surface area contributed by atoms with Gasteiger partial charge in [-0.3, -0.25) is 30.6 Å². The van der Waals surface area contributed by atoms with Crippen LogP contribution in [0.4, 0.5) is 5.69 Å². The summed E-state index contributed by atoms with van der Waals surface area (Å²) in [5.41, 5.74) is 6.94. The maximum Gasteiger partial charge on any atom is 0.305 e. The lowest BCUT2D eigenvalue weighted by Gasteiger charge is -2.12. The van der Waals surface area contributed by atoms with Gasteiger partial charge in [-0.25, -0.2) is 4.98 Å². The monoisotopic (exact) mass is 482 g/mol. The molecule has 34 heavy (non-hydrogen) atoms. The number of hydrogen-bond donors (Lipinski definition) is 2. The van der Waals surface area contributed by atoms with E-state index in [2.05, 4.69) is 15.8 Å². The van der Waals surface area contributed by atoms with E-state index in [9.17, 15) is 19.7 Å². The van der Waals surface area contributed by atoms with E-state index in [4.69, 9.17) is 13.9 Å². The third kappa shape index (κ3) is 4.52. The van der Waals surface area contributed by atoms with Gasteiger partial charge >= 0.3 is 5.91 Å². The Morgan fingerprint density at radius 2 is 1.94 bits per heavy atom. The summed E-state index contributed by atoms with van der Waals surface area (Å²) in [5.74, 6) is -1.44. The van der Waals surface area contributed by atoms with E-state index in [-0.39, 0.29) is 29.4 Å². The summed E-state index contributed by atoms with van der Waals surface area (Å²) in [5, 5.41) is 14.2. The number of nitro benzene ring substituents is 1.